The van der Waals surface area contributed by atoms with Crippen molar-refractivity contribution in [2.75, 3.05) is 0 Å². The van der Waals surface area contributed by atoms with Gasteiger partial charge in [-0.1, -0.05) is 0 Å². The number of hydrogen-bond donors (Lipinski definition) is 0. The molecule has 0 amide bonds. The average Bonchev–Trinajstić information content (AvgIpc) is 2.58. The fourth-order valence-electron chi connectivity index (χ4n) is 3.20. The molecule has 0 unspecified atom stereocenters. The molecule has 120 valence electrons. The zero-order chi connectivity index (χ0) is 16.5. The first-order valence-corrected chi connectivity index (χ1v) is 14.8. The Kier molecular flexibility index (Phi) is 4.65. The van der Waals surface area contributed by atoms with Crippen LogP contribution in [0.2, 0.25) is 0 Å². The molecule has 3 aromatic carbocycles. The van der Waals surface area contributed by atoms with Gasteiger partial charge < -0.3 is 0 Å². The Labute approximate surface area is 153 Å². The minimum absolute atomic E-state index is 0.683. The first-order chi connectivity index (χ1) is 11.7. The molecule has 3 heteroatoms. The van der Waals surface area contributed by atoms with Gasteiger partial charge in [-0.25, -0.2) is 0 Å². The maximum absolute atomic E-state index is 12.6. The number of aryl methyl sites for hydroxylation is 1. The minimum atomic E-state index is -2.35. The van der Waals surface area contributed by atoms with Gasteiger partial charge in [-0.15, -0.1) is 0 Å². The van der Waals surface area contributed by atoms with Crippen molar-refractivity contribution in [3.63, 3.8) is 0 Å². The third-order valence-electron chi connectivity index (χ3n) is 4.39. The number of rotatable bonds is 1. The summed E-state index contributed by atoms with van der Waals surface area (Å²) in [5, 5.41) is 0. The molecule has 0 N–H and O–H groups in total. The molecule has 0 radical (unpaired) electrons. The van der Waals surface area contributed by atoms with Crippen molar-refractivity contribution in [1.29, 1.82) is 0 Å². The summed E-state index contributed by atoms with van der Waals surface area (Å²) >= 11 is -2.35. The summed E-state index contributed by atoms with van der Waals surface area (Å²) in [4.78, 5) is 0. The Morgan fingerprint density at radius 2 is 1.25 bits per heavy atom. The van der Waals surface area contributed by atoms with Crippen molar-refractivity contribution >= 4 is 42.4 Å². The van der Waals surface area contributed by atoms with Crippen LogP contribution in [0.15, 0.2) is 72.8 Å². The Bertz CT molecular complexity index is 850. The van der Waals surface area contributed by atoms with Gasteiger partial charge in [0.2, 0.25) is 0 Å². The second-order valence-corrected chi connectivity index (χ2v) is 16.0. The van der Waals surface area contributed by atoms with E-state index in [0.29, 0.717) is 11.5 Å². The average molecular weight is 528 g/mol. The topological polar surface area (TPSA) is 17.1 Å². The molecule has 0 atom stereocenters. The zero-order valence-corrected chi connectivity index (χ0v) is 17.9. The van der Waals surface area contributed by atoms with Crippen molar-refractivity contribution in [3.8, 4) is 0 Å². The van der Waals surface area contributed by atoms with Gasteiger partial charge in [0.1, 0.15) is 0 Å². The first kappa shape index (κ1) is 16.2. The summed E-state index contributed by atoms with van der Waals surface area (Å²) in [6, 6.07) is 26.5. The van der Waals surface area contributed by atoms with Gasteiger partial charge >= 0.3 is 154 Å². The van der Waals surface area contributed by atoms with Gasteiger partial charge in [0.25, 0.3) is 0 Å². The van der Waals surface area contributed by atoms with Crippen LogP contribution in [0.5, 0.6) is 0 Å². The van der Waals surface area contributed by atoms with Crippen molar-refractivity contribution in [2.24, 2.45) is 0 Å². The third kappa shape index (κ3) is 3.12. The normalized spacial score (nSPS) is 15.2. The Balaban J connectivity index is 1.98. The standard InChI is InChI=1S/C14H12OS.C7H7.Bi/c15-16(11-13-7-3-1-4-8-13)12-14-9-5-2-6-10-14;1-7-5-3-2-4-6-7;/h1-7,9H,11-12H2;3-6H,1H3;. The summed E-state index contributed by atoms with van der Waals surface area (Å²) in [6.07, 6.45) is 0. The van der Waals surface area contributed by atoms with Gasteiger partial charge in [0.15, 0.2) is 0 Å². The van der Waals surface area contributed by atoms with Gasteiger partial charge in [-0.05, 0) is 0 Å². The van der Waals surface area contributed by atoms with Crippen molar-refractivity contribution < 1.29 is 4.21 Å². The van der Waals surface area contributed by atoms with Crippen LogP contribution in [0.3, 0.4) is 0 Å². The van der Waals surface area contributed by atoms with Gasteiger partial charge in [-0.2, -0.15) is 0 Å². The van der Waals surface area contributed by atoms with Crippen LogP contribution in [-0.2, 0) is 22.3 Å². The molecule has 0 aliphatic carbocycles. The van der Waals surface area contributed by atoms with Crippen LogP contribution in [0, 0.1) is 6.92 Å². The van der Waals surface area contributed by atoms with Gasteiger partial charge in [0.05, 0.1) is 0 Å². The van der Waals surface area contributed by atoms with E-state index < -0.39 is 32.6 Å². The molecule has 0 spiro atoms. The van der Waals surface area contributed by atoms with Crippen LogP contribution < -0.4 is 9.81 Å². The molecule has 1 heterocycles. The van der Waals surface area contributed by atoms with Gasteiger partial charge in [0, 0.05) is 0 Å². The van der Waals surface area contributed by atoms with E-state index >= 15 is 0 Å². The second-order valence-electron chi connectivity index (χ2n) is 6.16. The summed E-state index contributed by atoms with van der Waals surface area (Å²) in [5.74, 6) is 1.37. The molecule has 24 heavy (non-hydrogen) atoms. The molecule has 1 nitrogen and oxygen atoms in total. The predicted octanol–water partition coefficient (Wildman–Crippen LogP) is 2.27. The fourth-order valence-corrected chi connectivity index (χ4v) is 15.5. The zero-order valence-electron chi connectivity index (χ0n) is 13.6. The summed E-state index contributed by atoms with van der Waals surface area (Å²) in [5.41, 5.74) is 3.89. The molecule has 0 aromatic heterocycles. The fraction of sp³-hybridized carbons (Fsp3) is 0.143. The van der Waals surface area contributed by atoms with Crippen LogP contribution in [0.25, 0.3) is 0 Å². The molecule has 1 aliphatic heterocycles. The maximum atomic E-state index is 12.6. The van der Waals surface area contributed by atoms with E-state index in [9.17, 15) is 4.21 Å². The molecule has 1 aliphatic rings. The van der Waals surface area contributed by atoms with Crippen LogP contribution in [0.4, 0.5) is 0 Å². The molecule has 0 saturated carbocycles. The quantitative estimate of drug-likeness (QED) is 0.444. The number of hydrogen-bond acceptors (Lipinski definition) is 1. The second kappa shape index (κ2) is 6.90. The van der Waals surface area contributed by atoms with E-state index in [4.69, 9.17) is 0 Å². The van der Waals surface area contributed by atoms with E-state index in [2.05, 4.69) is 79.7 Å². The first-order valence-electron chi connectivity index (χ1n) is 8.10. The molecular formula is C21H19BiOS. The van der Waals surface area contributed by atoms with Crippen molar-refractivity contribution in [3.05, 3.63) is 89.5 Å². The molecule has 0 bridgehead atoms. The monoisotopic (exact) mass is 528 g/mol. The Morgan fingerprint density at radius 3 is 1.79 bits per heavy atom. The summed E-state index contributed by atoms with van der Waals surface area (Å²) < 4.78 is 17.1. The van der Waals surface area contributed by atoms with Crippen LogP contribution in [0.1, 0.15) is 16.7 Å². The summed E-state index contributed by atoms with van der Waals surface area (Å²) in [6.45, 7) is 2.14. The van der Waals surface area contributed by atoms with E-state index in [1.165, 1.54) is 26.5 Å². The van der Waals surface area contributed by atoms with Crippen molar-refractivity contribution in [1.82, 2.24) is 0 Å². The Morgan fingerprint density at radius 1 is 0.750 bits per heavy atom. The van der Waals surface area contributed by atoms with E-state index in [1.54, 1.807) is 0 Å². The predicted molar refractivity (Wildman–Crippen MR) is 104 cm³/mol. The van der Waals surface area contributed by atoms with Crippen molar-refractivity contribution in [2.45, 2.75) is 18.4 Å². The summed E-state index contributed by atoms with van der Waals surface area (Å²) in [7, 11) is -0.834. The molecular weight excluding hydrogens is 509 g/mol. The van der Waals surface area contributed by atoms with E-state index in [-0.39, 0.29) is 0 Å². The molecule has 3 aromatic rings. The van der Waals surface area contributed by atoms with E-state index in [0.717, 1.165) is 0 Å². The SMILES string of the molecule is Cc1cc[c]([Bi]2[c]3ccccc3CS(=O)Cc3cccc[c]32)cc1. The van der Waals surface area contributed by atoms with E-state index in [1.807, 2.05) is 0 Å². The Hall–Kier alpha value is -1.31. The number of fused-ring (bicyclic) bond motifs is 2. The van der Waals surface area contributed by atoms with Crippen LogP contribution in [-0.4, -0.2) is 26.0 Å². The molecule has 4 rings (SSSR count). The van der Waals surface area contributed by atoms with Crippen LogP contribution >= 0.6 is 0 Å². The number of benzene rings is 3. The third-order valence-corrected chi connectivity index (χ3v) is 16.0. The molecule has 0 saturated heterocycles. The molecule has 0 fully saturated rings. The van der Waals surface area contributed by atoms with Gasteiger partial charge in [-0.3, -0.25) is 0 Å².